The van der Waals surface area contributed by atoms with Crippen molar-refractivity contribution in [2.75, 3.05) is 18.4 Å². The van der Waals surface area contributed by atoms with E-state index in [2.05, 4.69) is 22.5 Å². The molecule has 5 aliphatic rings. The van der Waals surface area contributed by atoms with Gasteiger partial charge in [0.2, 0.25) is 5.91 Å². The van der Waals surface area contributed by atoms with Crippen molar-refractivity contribution in [3.05, 3.63) is 29.8 Å². The Morgan fingerprint density at radius 3 is 2.70 bits per heavy atom. The first-order valence-corrected chi connectivity index (χ1v) is 10.5. The van der Waals surface area contributed by atoms with Crippen molar-refractivity contribution in [3.63, 3.8) is 0 Å². The molecule has 3 aliphatic carbocycles. The SMILES string of the molecule is C[C@]12CC[C@H](C[C@@H]1C(=O)N1CCCCC1)[C@]1(C2)NC(=O)c2ccccc2N1. The Morgan fingerprint density at radius 1 is 1.15 bits per heavy atom. The molecule has 0 radical (unpaired) electrons. The molecule has 144 valence electrons. The van der Waals surface area contributed by atoms with Crippen LogP contribution in [-0.2, 0) is 4.79 Å². The highest BCUT2D eigenvalue weighted by Crippen LogP contribution is 2.58. The van der Waals surface area contributed by atoms with Gasteiger partial charge in [0.05, 0.1) is 5.56 Å². The highest BCUT2D eigenvalue weighted by Gasteiger charge is 2.60. The molecule has 4 atom stereocenters. The zero-order valence-electron chi connectivity index (χ0n) is 16.1. The first-order valence-electron chi connectivity index (χ1n) is 10.5. The second kappa shape index (κ2) is 5.98. The van der Waals surface area contributed by atoms with Gasteiger partial charge in [-0.25, -0.2) is 0 Å². The Balaban J connectivity index is 1.43. The van der Waals surface area contributed by atoms with Crippen molar-refractivity contribution in [2.24, 2.45) is 17.3 Å². The highest BCUT2D eigenvalue weighted by atomic mass is 16.2. The van der Waals surface area contributed by atoms with Crippen LogP contribution in [0.5, 0.6) is 0 Å². The van der Waals surface area contributed by atoms with Crippen LogP contribution < -0.4 is 10.6 Å². The normalized spacial score (nSPS) is 37.5. The van der Waals surface area contributed by atoms with Crippen molar-refractivity contribution in [1.82, 2.24) is 10.2 Å². The Labute approximate surface area is 160 Å². The molecule has 1 aromatic carbocycles. The van der Waals surface area contributed by atoms with Crippen LogP contribution in [-0.4, -0.2) is 35.5 Å². The number of carbonyl (C=O) groups excluding carboxylic acids is 2. The standard InChI is InChI=1S/C22H29N3O2/c1-21-10-9-15(13-17(21)20(27)25-11-5-2-6-12-25)22(14-21)23-18-8-4-3-7-16(18)19(26)24-22/h3-4,7-8,15,17,23H,2,5-6,9-14H2,1H3,(H,24,26)/t15-,17-,21-,22+/m1/s1. The van der Waals surface area contributed by atoms with Crippen molar-refractivity contribution in [1.29, 1.82) is 0 Å². The fourth-order valence-corrected chi connectivity index (χ4v) is 6.16. The molecule has 6 rings (SSSR count). The van der Waals surface area contributed by atoms with Gasteiger partial charge in [0.1, 0.15) is 5.66 Å². The maximum atomic E-state index is 13.3. The molecule has 5 heteroatoms. The monoisotopic (exact) mass is 367 g/mol. The molecule has 0 unspecified atom stereocenters. The first-order chi connectivity index (χ1) is 13.0. The Kier molecular flexibility index (Phi) is 3.78. The summed E-state index contributed by atoms with van der Waals surface area (Å²) in [5.74, 6) is 0.768. The predicted octanol–water partition coefficient (Wildman–Crippen LogP) is 3.38. The molecule has 3 saturated carbocycles. The van der Waals surface area contributed by atoms with Crippen LogP contribution in [0, 0.1) is 17.3 Å². The summed E-state index contributed by atoms with van der Waals surface area (Å²) in [5, 5.41) is 6.99. The lowest BCUT2D eigenvalue weighted by Crippen LogP contribution is -2.70. The summed E-state index contributed by atoms with van der Waals surface area (Å²) >= 11 is 0. The molecule has 2 aliphatic heterocycles. The number of para-hydroxylation sites is 1. The number of nitrogens with one attached hydrogen (secondary N) is 2. The van der Waals surface area contributed by atoms with Crippen LogP contribution in [0.25, 0.3) is 0 Å². The third kappa shape index (κ3) is 2.58. The number of benzene rings is 1. The summed E-state index contributed by atoms with van der Waals surface area (Å²) in [6.07, 6.45) is 7.36. The molecule has 1 aromatic rings. The van der Waals surface area contributed by atoms with Crippen LogP contribution in [0.1, 0.15) is 62.2 Å². The van der Waals surface area contributed by atoms with E-state index in [9.17, 15) is 9.59 Å². The minimum Gasteiger partial charge on any atom is -0.362 e. The maximum absolute atomic E-state index is 13.3. The fourth-order valence-electron chi connectivity index (χ4n) is 6.16. The van der Waals surface area contributed by atoms with Gasteiger partial charge >= 0.3 is 0 Å². The molecular formula is C22H29N3O2. The van der Waals surface area contributed by atoms with Crippen molar-refractivity contribution in [3.8, 4) is 0 Å². The second-order valence-corrected chi connectivity index (χ2v) is 9.34. The quantitative estimate of drug-likeness (QED) is 0.800. The topological polar surface area (TPSA) is 61.4 Å². The Hall–Kier alpha value is -2.04. The van der Waals surface area contributed by atoms with Crippen LogP contribution in [0.2, 0.25) is 0 Å². The average molecular weight is 367 g/mol. The number of nitrogens with zero attached hydrogens (tertiary/aromatic N) is 1. The van der Waals surface area contributed by atoms with Crippen LogP contribution in [0.3, 0.4) is 0 Å². The summed E-state index contributed by atoms with van der Waals surface area (Å²) < 4.78 is 0. The molecule has 1 spiro atoms. The van der Waals surface area contributed by atoms with Gasteiger partial charge < -0.3 is 15.5 Å². The summed E-state index contributed by atoms with van der Waals surface area (Å²) in [7, 11) is 0. The van der Waals surface area contributed by atoms with Crippen LogP contribution >= 0.6 is 0 Å². The third-order valence-corrected chi connectivity index (χ3v) is 7.64. The molecule has 27 heavy (non-hydrogen) atoms. The van der Waals surface area contributed by atoms with Crippen LogP contribution in [0.4, 0.5) is 5.69 Å². The van der Waals surface area contributed by atoms with Gasteiger partial charge in [0, 0.05) is 30.6 Å². The van der Waals surface area contributed by atoms with E-state index >= 15 is 0 Å². The maximum Gasteiger partial charge on any atom is 0.255 e. The third-order valence-electron chi connectivity index (χ3n) is 7.64. The number of piperidine rings is 1. The lowest BCUT2D eigenvalue weighted by atomic mass is 9.51. The van der Waals surface area contributed by atoms with E-state index in [1.165, 1.54) is 6.42 Å². The number of hydrogen-bond acceptors (Lipinski definition) is 3. The van der Waals surface area contributed by atoms with Crippen molar-refractivity contribution in [2.45, 2.75) is 57.5 Å². The highest BCUT2D eigenvalue weighted by molar-refractivity contribution is 6.02. The van der Waals surface area contributed by atoms with E-state index in [1.807, 2.05) is 24.3 Å². The second-order valence-electron chi connectivity index (χ2n) is 9.34. The number of carbonyl (C=O) groups is 2. The summed E-state index contributed by atoms with van der Waals surface area (Å²) in [6.45, 7) is 4.11. The number of likely N-dealkylation sites (tertiary alicyclic amines) is 1. The fraction of sp³-hybridized carbons (Fsp3) is 0.636. The van der Waals surface area contributed by atoms with Crippen molar-refractivity contribution >= 4 is 17.5 Å². The molecule has 4 fully saturated rings. The van der Waals surface area contributed by atoms with E-state index < -0.39 is 5.66 Å². The zero-order chi connectivity index (χ0) is 18.6. The van der Waals surface area contributed by atoms with E-state index in [0.717, 1.165) is 62.9 Å². The summed E-state index contributed by atoms with van der Waals surface area (Å²) in [5.41, 5.74) is 1.18. The van der Waals surface area contributed by atoms with Crippen LogP contribution in [0.15, 0.2) is 24.3 Å². The van der Waals surface area contributed by atoms with Gasteiger partial charge in [0.25, 0.3) is 5.91 Å². The van der Waals surface area contributed by atoms with E-state index in [4.69, 9.17) is 0 Å². The minimum atomic E-state index is -0.406. The lowest BCUT2D eigenvalue weighted by molar-refractivity contribution is -0.151. The molecule has 2 heterocycles. The number of amides is 2. The number of hydrogen-bond donors (Lipinski definition) is 2. The number of rotatable bonds is 1. The zero-order valence-corrected chi connectivity index (χ0v) is 16.1. The van der Waals surface area contributed by atoms with Gasteiger partial charge in [-0.05, 0) is 62.5 Å². The summed E-state index contributed by atoms with van der Waals surface area (Å²) in [4.78, 5) is 28.2. The van der Waals surface area contributed by atoms with Gasteiger partial charge in [-0.15, -0.1) is 0 Å². The lowest BCUT2D eigenvalue weighted by Gasteiger charge is -2.61. The first kappa shape index (κ1) is 17.1. The smallest absolute Gasteiger partial charge is 0.255 e. The van der Waals surface area contributed by atoms with E-state index in [1.54, 1.807) is 0 Å². The number of anilines is 1. The largest absolute Gasteiger partial charge is 0.362 e. The van der Waals surface area contributed by atoms with E-state index in [0.29, 0.717) is 11.8 Å². The molecule has 0 aromatic heterocycles. The molecule has 2 amide bonds. The van der Waals surface area contributed by atoms with Crippen molar-refractivity contribution < 1.29 is 9.59 Å². The Morgan fingerprint density at radius 2 is 1.93 bits per heavy atom. The molecular weight excluding hydrogens is 338 g/mol. The Bertz CT molecular complexity index is 788. The average Bonchev–Trinajstić information content (AvgIpc) is 2.68. The predicted molar refractivity (Wildman–Crippen MR) is 104 cm³/mol. The molecule has 1 saturated heterocycles. The van der Waals surface area contributed by atoms with Gasteiger partial charge in [-0.1, -0.05) is 19.1 Å². The van der Waals surface area contributed by atoms with Gasteiger partial charge in [-0.2, -0.15) is 0 Å². The van der Waals surface area contributed by atoms with Gasteiger partial charge in [-0.3, -0.25) is 9.59 Å². The molecule has 5 nitrogen and oxygen atoms in total. The summed E-state index contributed by atoms with van der Waals surface area (Å²) in [6, 6.07) is 7.75. The molecule has 2 N–H and O–H groups in total. The minimum absolute atomic E-state index is 0.0133. The number of fused-ring (bicyclic) bond motifs is 3. The van der Waals surface area contributed by atoms with Gasteiger partial charge in [0.15, 0.2) is 0 Å². The van der Waals surface area contributed by atoms with E-state index in [-0.39, 0.29) is 17.2 Å². The molecule has 2 bridgehead atoms.